The first-order valence-corrected chi connectivity index (χ1v) is 10.5. The number of benzene rings is 2. The predicted octanol–water partition coefficient (Wildman–Crippen LogP) is 5.41. The van der Waals surface area contributed by atoms with E-state index in [1.54, 1.807) is 0 Å². The SMILES string of the molecule is Cc1cc(Cl)ccc1Nc1nc(Nc2ccc(N3CCN(C)CC3)cc2)ncc1C.Cl. The van der Waals surface area contributed by atoms with Crippen molar-refractivity contribution in [3.8, 4) is 0 Å². The third-order valence-corrected chi connectivity index (χ3v) is 5.64. The van der Waals surface area contributed by atoms with Crippen molar-refractivity contribution in [2.45, 2.75) is 13.8 Å². The van der Waals surface area contributed by atoms with Crippen LogP contribution >= 0.6 is 24.0 Å². The molecule has 0 radical (unpaired) electrons. The minimum absolute atomic E-state index is 0. The lowest BCUT2D eigenvalue weighted by molar-refractivity contribution is 0.313. The summed E-state index contributed by atoms with van der Waals surface area (Å²) < 4.78 is 0. The molecular formula is C23H28Cl2N6. The molecule has 0 atom stereocenters. The molecule has 164 valence electrons. The van der Waals surface area contributed by atoms with Crippen molar-refractivity contribution in [3.05, 3.63) is 64.8 Å². The van der Waals surface area contributed by atoms with Crippen molar-refractivity contribution < 1.29 is 0 Å². The molecule has 1 fully saturated rings. The van der Waals surface area contributed by atoms with E-state index in [2.05, 4.69) is 61.7 Å². The lowest BCUT2D eigenvalue weighted by Gasteiger charge is -2.34. The van der Waals surface area contributed by atoms with Gasteiger partial charge in [-0.3, -0.25) is 0 Å². The van der Waals surface area contributed by atoms with E-state index in [4.69, 9.17) is 11.6 Å². The quantitative estimate of drug-likeness (QED) is 0.532. The minimum atomic E-state index is 0. The van der Waals surface area contributed by atoms with Gasteiger partial charge in [0.1, 0.15) is 5.82 Å². The zero-order valence-electron chi connectivity index (χ0n) is 18.0. The molecule has 1 aliphatic heterocycles. The molecule has 2 N–H and O–H groups in total. The Bertz CT molecular complexity index is 1020. The number of anilines is 5. The average Bonchev–Trinajstić information content (AvgIpc) is 2.74. The zero-order chi connectivity index (χ0) is 21.1. The Balaban J connectivity index is 0.00000272. The summed E-state index contributed by atoms with van der Waals surface area (Å²) in [6.45, 7) is 8.32. The van der Waals surface area contributed by atoms with Crippen LogP contribution in [0, 0.1) is 13.8 Å². The molecule has 0 spiro atoms. The monoisotopic (exact) mass is 458 g/mol. The van der Waals surface area contributed by atoms with Gasteiger partial charge in [-0.1, -0.05) is 11.6 Å². The van der Waals surface area contributed by atoms with Crippen molar-refractivity contribution >= 4 is 52.8 Å². The first-order chi connectivity index (χ1) is 14.5. The van der Waals surface area contributed by atoms with E-state index in [0.717, 1.165) is 59.5 Å². The molecule has 2 aromatic carbocycles. The van der Waals surface area contributed by atoms with Gasteiger partial charge in [-0.2, -0.15) is 4.98 Å². The average molecular weight is 459 g/mol. The number of aryl methyl sites for hydroxylation is 2. The topological polar surface area (TPSA) is 56.3 Å². The summed E-state index contributed by atoms with van der Waals surface area (Å²) in [5, 5.41) is 7.42. The summed E-state index contributed by atoms with van der Waals surface area (Å²) in [5.41, 5.74) is 5.22. The van der Waals surface area contributed by atoms with Crippen LogP contribution in [0.4, 0.5) is 28.8 Å². The molecule has 1 aromatic heterocycles. The number of piperazine rings is 1. The van der Waals surface area contributed by atoms with Crippen LogP contribution in [0.2, 0.25) is 5.02 Å². The molecule has 1 aliphatic rings. The smallest absolute Gasteiger partial charge is 0.229 e. The Morgan fingerprint density at radius 1 is 0.903 bits per heavy atom. The van der Waals surface area contributed by atoms with E-state index in [-0.39, 0.29) is 12.4 Å². The highest BCUT2D eigenvalue weighted by molar-refractivity contribution is 6.30. The Kier molecular flexibility index (Phi) is 7.59. The Hall–Kier alpha value is -2.54. The molecule has 31 heavy (non-hydrogen) atoms. The van der Waals surface area contributed by atoms with Gasteiger partial charge in [-0.15, -0.1) is 12.4 Å². The number of nitrogens with one attached hydrogen (secondary N) is 2. The summed E-state index contributed by atoms with van der Waals surface area (Å²) in [6.07, 6.45) is 1.82. The number of hydrogen-bond acceptors (Lipinski definition) is 6. The standard InChI is InChI=1S/C23H27ClN6.ClH/c1-16-14-18(24)4-9-21(16)27-22-17(2)15-25-23(28-22)26-19-5-7-20(8-6-19)30-12-10-29(3)11-13-30;/h4-9,14-15H,10-13H2,1-3H3,(H2,25,26,27,28);1H. The maximum atomic E-state index is 6.07. The number of hydrogen-bond donors (Lipinski definition) is 2. The number of likely N-dealkylation sites (N-methyl/N-ethyl adjacent to an activating group) is 1. The Morgan fingerprint density at radius 3 is 2.29 bits per heavy atom. The van der Waals surface area contributed by atoms with Gasteiger partial charge < -0.3 is 20.4 Å². The van der Waals surface area contributed by atoms with Gasteiger partial charge in [-0.25, -0.2) is 4.98 Å². The number of nitrogens with zero attached hydrogens (tertiary/aromatic N) is 4. The van der Waals surface area contributed by atoms with Crippen molar-refractivity contribution in [1.82, 2.24) is 14.9 Å². The molecule has 0 amide bonds. The van der Waals surface area contributed by atoms with Gasteiger partial charge in [0, 0.05) is 60.0 Å². The van der Waals surface area contributed by atoms with Crippen molar-refractivity contribution in [2.75, 3.05) is 48.8 Å². The minimum Gasteiger partial charge on any atom is -0.369 e. The van der Waals surface area contributed by atoms with Crippen LogP contribution in [0.5, 0.6) is 0 Å². The van der Waals surface area contributed by atoms with Crippen LogP contribution in [0.15, 0.2) is 48.7 Å². The number of aromatic nitrogens is 2. The van der Waals surface area contributed by atoms with Gasteiger partial charge in [0.15, 0.2) is 0 Å². The van der Waals surface area contributed by atoms with Crippen molar-refractivity contribution in [3.63, 3.8) is 0 Å². The van der Waals surface area contributed by atoms with E-state index in [1.165, 1.54) is 5.69 Å². The molecule has 8 heteroatoms. The van der Waals surface area contributed by atoms with Crippen LogP contribution in [0.25, 0.3) is 0 Å². The third-order valence-electron chi connectivity index (χ3n) is 5.41. The normalized spacial score (nSPS) is 14.1. The fraction of sp³-hybridized carbons (Fsp3) is 0.304. The molecule has 4 rings (SSSR count). The number of rotatable bonds is 5. The molecule has 1 saturated heterocycles. The highest BCUT2D eigenvalue weighted by Gasteiger charge is 2.14. The van der Waals surface area contributed by atoms with Crippen LogP contribution in [0.3, 0.4) is 0 Å². The van der Waals surface area contributed by atoms with E-state index >= 15 is 0 Å². The Morgan fingerprint density at radius 2 is 1.61 bits per heavy atom. The van der Waals surface area contributed by atoms with Crippen LogP contribution in [-0.2, 0) is 0 Å². The van der Waals surface area contributed by atoms with Gasteiger partial charge in [0.25, 0.3) is 0 Å². The second-order valence-corrected chi connectivity index (χ2v) is 8.21. The van der Waals surface area contributed by atoms with Crippen LogP contribution < -0.4 is 15.5 Å². The summed E-state index contributed by atoms with van der Waals surface area (Å²) in [6, 6.07) is 14.2. The summed E-state index contributed by atoms with van der Waals surface area (Å²) in [5.74, 6) is 1.33. The van der Waals surface area contributed by atoms with Crippen molar-refractivity contribution in [1.29, 1.82) is 0 Å². The molecule has 6 nitrogen and oxygen atoms in total. The van der Waals surface area contributed by atoms with Gasteiger partial charge in [-0.05, 0) is 68.9 Å². The van der Waals surface area contributed by atoms with E-state index in [1.807, 2.05) is 38.2 Å². The molecular weight excluding hydrogens is 431 g/mol. The van der Waals surface area contributed by atoms with Gasteiger partial charge in [0.05, 0.1) is 0 Å². The van der Waals surface area contributed by atoms with Crippen LogP contribution in [-0.4, -0.2) is 48.1 Å². The van der Waals surface area contributed by atoms with Gasteiger partial charge >= 0.3 is 0 Å². The van der Waals surface area contributed by atoms with Crippen LogP contribution in [0.1, 0.15) is 11.1 Å². The zero-order valence-corrected chi connectivity index (χ0v) is 19.6. The molecule has 0 saturated carbocycles. The fourth-order valence-electron chi connectivity index (χ4n) is 3.47. The second kappa shape index (κ2) is 10.2. The van der Waals surface area contributed by atoms with E-state index in [9.17, 15) is 0 Å². The highest BCUT2D eigenvalue weighted by atomic mass is 35.5. The predicted molar refractivity (Wildman–Crippen MR) is 133 cm³/mol. The molecule has 2 heterocycles. The molecule has 0 aliphatic carbocycles. The number of halogens is 2. The summed E-state index contributed by atoms with van der Waals surface area (Å²) in [4.78, 5) is 13.9. The first kappa shape index (κ1) is 23.1. The molecule has 0 bridgehead atoms. The third kappa shape index (κ3) is 5.79. The highest BCUT2D eigenvalue weighted by Crippen LogP contribution is 2.26. The maximum Gasteiger partial charge on any atom is 0.229 e. The Labute approximate surface area is 195 Å². The van der Waals surface area contributed by atoms with Gasteiger partial charge in [0.2, 0.25) is 5.95 Å². The van der Waals surface area contributed by atoms with E-state index < -0.39 is 0 Å². The van der Waals surface area contributed by atoms with E-state index in [0.29, 0.717) is 5.95 Å². The summed E-state index contributed by atoms with van der Waals surface area (Å²) >= 11 is 6.07. The largest absolute Gasteiger partial charge is 0.369 e. The lowest BCUT2D eigenvalue weighted by atomic mass is 10.2. The molecule has 0 unspecified atom stereocenters. The molecule has 3 aromatic rings. The summed E-state index contributed by atoms with van der Waals surface area (Å²) in [7, 11) is 2.17. The lowest BCUT2D eigenvalue weighted by Crippen LogP contribution is -2.44. The second-order valence-electron chi connectivity index (χ2n) is 7.77. The first-order valence-electron chi connectivity index (χ1n) is 10.2. The fourth-order valence-corrected chi connectivity index (χ4v) is 3.70. The maximum absolute atomic E-state index is 6.07. The van der Waals surface area contributed by atoms with Crippen molar-refractivity contribution in [2.24, 2.45) is 0 Å².